The van der Waals surface area contributed by atoms with E-state index in [1.807, 2.05) is 13.1 Å². The average Bonchev–Trinajstić information content (AvgIpc) is 2.28. The average molecular weight is 221 g/mol. The van der Waals surface area contributed by atoms with E-state index < -0.39 is 5.97 Å². The van der Waals surface area contributed by atoms with Crippen molar-refractivity contribution in [1.82, 2.24) is 0 Å². The van der Waals surface area contributed by atoms with Gasteiger partial charge in [0.1, 0.15) is 0 Å². The molecule has 0 bridgehead atoms. The summed E-state index contributed by atoms with van der Waals surface area (Å²) in [6.07, 6.45) is 1.13. The van der Waals surface area contributed by atoms with Crippen LogP contribution in [-0.2, 0) is 0 Å². The molecule has 0 aliphatic carbocycles. The fourth-order valence-electron chi connectivity index (χ4n) is 1.58. The van der Waals surface area contributed by atoms with Crippen molar-refractivity contribution in [2.75, 3.05) is 18.5 Å². The zero-order chi connectivity index (χ0) is 12.1. The fourth-order valence-corrected chi connectivity index (χ4v) is 1.58. The zero-order valence-electron chi connectivity index (χ0n) is 10.1. The molecule has 1 aromatic carbocycles. The lowest BCUT2D eigenvalue weighted by Crippen LogP contribution is -2.23. The summed E-state index contributed by atoms with van der Waals surface area (Å²) in [5, 5.41) is 8.90. The van der Waals surface area contributed by atoms with Crippen LogP contribution in [0.25, 0.3) is 0 Å². The molecule has 1 unspecified atom stereocenters. The van der Waals surface area contributed by atoms with Crippen LogP contribution in [0.4, 0.5) is 5.69 Å². The Balaban J connectivity index is 2.79. The maximum Gasteiger partial charge on any atom is 0.335 e. The maximum absolute atomic E-state index is 10.8. The molecule has 0 aliphatic rings. The molecule has 0 radical (unpaired) electrons. The van der Waals surface area contributed by atoms with Gasteiger partial charge in [0, 0.05) is 19.3 Å². The second-order valence-corrected chi connectivity index (χ2v) is 4.25. The van der Waals surface area contributed by atoms with Crippen LogP contribution in [0.1, 0.15) is 30.6 Å². The lowest BCUT2D eigenvalue weighted by atomic mass is 10.1. The van der Waals surface area contributed by atoms with E-state index in [-0.39, 0.29) is 0 Å². The number of nitrogens with zero attached hydrogens (tertiary/aromatic N) is 1. The molecule has 1 atom stereocenters. The van der Waals surface area contributed by atoms with Crippen LogP contribution >= 0.6 is 0 Å². The van der Waals surface area contributed by atoms with Gasteiger partial charge in [0.15, 0.2) is 0 Å². The maximum atomic E-state index is 10.8. The smallest absolute Gasteiger partial charge is 0.335 e. The number of hydrogen-bond donors (Lipinski definition) is 1. The number of benzene rings is 1. The van der Waals surface area contributed by atoms with Crippen molar-refractivity contribution in [1.29, 1.82) is 0 Å². The van der Waals surface area contributed by atoms with Crippen LogP contribution in [0, 0.1) is 5.92 Å². The Morgan fingerprint density at radius 1 is 1.50 bits per heavy atom. The van der Waals surface area contributed by atoms with Gasteiger partial charge in [-0.15, -0.1) is 0 Å². The molecule has 3 nitrogen and oxygen atoms in total. The zero-order valence-corrected chi connectivity index (χ0v) is 10.1. The third-order valence-electron chi connectivity index (χ3n) is 2.82. The third-order valence-corrected chi connectivity index (χ3v) is 2.82. The van der Waals surface area contributed by atoms with Gasteiger partial charge in [-0.2, -0.15) is 0 Å². The molecule has 1 rings (SSSR count). The molecule has 0 saturated carbocycles. The van der Waals surface area contributed by atoms with Crippen LogP contribution < -0.4 is 4.90 Å². The lowest BCUT2D eigenvalue weighted by molar-refractivity contribution is 0.0697. The fraction of sp³-hybridized carbons (Fsp3) is 0.462. The Hall–Kier alpha value is -1.51. The van der Waals surface area contributed by atoms with E-state index in [1.54, 1.807) is 18.2 Å². The molecule has 1 N–H and O–H groups in total. The number of carboxylic acid groups (broad SMARTS) is 1. The number of aromatic carboxylic acids is 1. The summed E-state index contributed by atoms with van der Waals surface area (Å²) in [5.74, 6) is -0.266. The molecule has 0 amide bonds. The second-order valence-electron chi connectivity index (χ2n) is 4.25. The van der Waals surface area contributed by atoms with Crippen LogP contribution in [0.5, 0.6) is 0 Å². The number of carboxylic acids is 1. The summed E-state index contributed by atoms with van der Waals surface area (Å²) in [4.78, 5) is 12.9. The van der Waals surface area contributed by atoms with Crippen LogP contribution in [0.15, 0.2) is 24.3 Å². The molecule has 16 heavy (non-hydrogen) atoms. The number of carbonyl (C=O) groups is 1. The Morgan fingerprint density at radius 3 is 2.75 bits per heavy atom. The molecule has 88 valence electrons. The minimum Gasteiger partial charge on any atom is -0.478 e. The lowest BCUT2D eigenvalue weighted by Gasteiger charge is -2.23. The summed E-state index contributed by atoms with van der Waals surface area (Å²) in [6, 6.07) is 7.05. The van der Waals surface area contributed by atoms with Crippen molar-refractivity contribution in [2.45, 2.75) is 20.3 Å². The number of anilines is 1. The van der Waals surface area contributed by atoms with Crippen molar-refractivity contribution in [3.63, 3.8) is 0 Å². The van der Waals surface area contributed by atoms with E-state index in [4.69, 9.17) is 5.11 Å². The van der Waals surface area contributed by atoms with Crippen molar-refractivity contribution in [3.05, 3.63) is 29.8 Å². The van der Waals surface area contributed by atoms with Gasteiger partial charge >= 0.3 is 5.97 Å². The predicted octanol–water partition coefficient (Wildman–Crippen LogP) is 2.87. The molecule has 0 aromatic heterocycles. The summed E-state index contributed by atoms with van der Waals surface area (Å²) < 4.78 is 0. The van der Waals surface area contributed by atoms with Gasteiger partial charge in [-0.05, 0) is 24.1 Å². The molecular weight excluding hydrogens is 202 g/mol. The Bertz CT molecular complexity index is 363. The Kier molecular flexibility index (Phi) is 4.35. The highest BCUT2D eigenvalue weighted by Gasteiger charge is 2.08. The largest absolute Gasteiger partial charge is 0.478 e. The summed E-state index contributed by atoms with van der Waals surface area (Å²) in [6.45, 7) is 5.29. The van der Waals surface area contributed by atoms with E-state index in [9.17, 15) is 4.79 Å². The van der Waals surface area contributed by atoms with Gasteiger partial charge < -0.3 is 10.0 Å². The van der Waals surface area contributed by atoms with Gasteiger partial charge in [-0.3, -0.25) is 0 Å². The van der Waals surface area contributed by atoms with Gasteiger partial charge in [0.05, 0.1) is 5.56 Å². The molecule has 1 aromatic rings. The Labute approximate surface area is 96.7 Å². The second kappa shape index (κ2) is 5.54. The Morgan fingerprint density at radius 2 is 2.19 bits per heavy atom. The van der Waals surface area contributed by atoms with E-state index in [2.05, 4.69) is 18.7 Å². The monoisotopic (exact) mass is 221 g/mol. The van der Waals surface area contributed by atoms with Crippen molar-refractivity contribution < 1.29 is 9.90 Å². The molecule has 0 spiro atoms. The van der Waals surface area contributed by atoms with Crippen molar-refractivity contribution in [3.8, 4) is 0 Å². The van der Waals surface area contributed by atoms with Crippen LogP contribution in [0.2, 0.25) is 0 Å². The number of rotatable bonds is 5. The first kappa shape index (κ1) is 12.6. The standard InChI is InChI=1S/C13H19NO2/c1-4-10(2)9-14(3)12-7-5-6-11(8-12)13(15)16/h5-8,10H,4,9H2,1-3H3,(H,15,16). The van der Waals surface area contributed by atoms with Crippen molar-refractivity contribution in [2.24, 2.45) is 5.92 Å². The van der Waals surface area contributed by atoms with E-state index in [0.29, 0.717) is 11.5 Å². The topological polar surface area (TPSA) is 40.5 Å². The minimum absolute atomic E-state index is 0.341. The summed E-state index contributed by atoms with van der Waals surface area (Å²) in [7, 11) is 1.99. The number of hydrogen-bond acceptors (Lipinski definition) is 2. The van der Waals surface area contributed by atoms with Crippen LogP contribution in [-0.4, -0.2) is 24.7 Å². The first-order valence-electron chi connectivity index (χ1n) is 5.59. The normalized spacial score (nSPS) is 12.2. The molecule has 0 heterocycles. The van der Waals surface area contributed by atoms with E-state index >= 15 is 0 Å². The van der Waals surface area contributed by atoms with Gasteiger partial charge in [-0.1, -0.05) is 26.3 Å². The van der Waals surface area contributed by atoms with Gasteiger partial charge in [-0.25, -0.2) is 4.79 Å². The molecular formula is C13H19NO2. The SMILES string of the molecule is CCC(C)CN(C)c1cccc(C(=O)O)c1. The first-order valence-corrected chi connectivity index (χ1v) is 5.59. The molecule has 0 fully saturated rings. The molecule has 0 aliphatic heterocycles. The first-order chi connectivity index (χ1) is 7.54. The third kappa shape index (κ3) is 3.26. The quantitative estimate of drug-likeness (QED) is 0.831. The summed E-state index contributed by atoms with van der Waals surface area (Å²) >= 11 is 0. The highest BCUT2D eigenvalue weighted by atomic mass is 16.4. The summed E-state index contributed by atoms with van der Waals surface area (Å²) in [5.41, 5.74) is 1.30. The minimum atomic E-state index is -0.876. The highest BCUT2D eigenvalue weighted by Crippen LogP contribution is 2.16. The highest BCUT2D eigenvalue weighted by molar-refractivity contribution is 5.88. The van der Waals surface area contributed by atoms with E-state index in [0.717, 1.165) is 18.7 Å². The van der Waals surface area contributed by atoms with Crippen LogP contribution in [0.3, 0.4) is 0 Å². The predicted molar refractivity (Wildman–Crippen MR) is 66.1 cm³/mol. The molecule has 0 saturated heterocycles. The molecule has 3 heteroatoms. The van der Waals surface area contributed by atoms with E-state index in [1.165, 1.54) is 0 Å². The van der Waals surface area contributed by atoms with Gasteiger partial charge in [0.25, 0.3) is 0 Å². The van der Waals surface area contributed by atoms with Gasteiger partial charge in [0.2, 0.25) is 0 Å². The van der Waals surface area contributed by atoms with Crippen molar-refractivity contribution >= 4 is 11.7 Å².